The molecule has 0 spiro atoms. The lowest BCUT2D eigenvalue weighted by Gasteiger charge is -2.36. The quantitative estimate of drug-likeness (QED) is 0.823. The van der Waals surface area contributed by atoms with Crippen LogP contribution in [0.15, 0.2) is 18.2 Å². The van der Waals surface area contributed by atoms with Crippen molar-refractivity contribution in [1.82, 2.24) is 4.90 Å². The average molecular weight is 264 g/mol. The van der Waals surface area contributed by atoms with Crippen LogP contribution >= 0.6 is 0 Å². The van der Waals surface area contributed by atoms with E-state index < -0.39 is 0 Å². The van der Waals surface area contributed by atoms with Gasteiger partial charge in [0.2, 0.25) is 0 Å². The summed E-state index contributed by atoms with van der Waals surface area (Å²) in [6, 6.07) is 7.06. The number of ether oxygens (including phenoxy) is 1. The van der Waals surface area contributed by atoms with Crippen LogP contribution in [-0.4, -0.2) is 37.7 Å². The second-order valence-corrected chi connectivity index (χ2v) is 5.19. The zero-order valence-electron chi connectivity index (χ0n) is 12.9. The molecule has 0 aromatic heterocycles. The van der Waals surface area contributed by atoms with Gasteiger partial charge in [-0.15, -0.1) is 0 Å². The molecule has 0 aliphatic rings. The number of aryl methyl sites for hydroxylation is 2. The highest BCUT2D eigenvalue weighted by atomic mass is 16.5. The highest BCUT2D eigenvalue weighted by molar-refractivity contribution is 5.36. The standard InChI is InChI=1S/C16H28N2O/c1-6-18(14(4)11-19-5)15(10-17)16-12(2)8-7-9-13(16)3/h7-9,14-15H,6,10-11,17H2,1-5H3. The Morgan fingerprint density at radius 3 is 2.26 bits per heavy atom. The Kier molecular flexibility index (Phi) is 6.49. The van der Waals surface area contributed by atoms with Crippen LogP contribution in [0.25, 0.3) is 0 Å². The van der Waals surface area contributed by atoms with Gasteiger partial charge in [-0.05, 0) is 44.0 Å². The Morgan fingerprint density at radius 2 is 1.84 bits per heavy atom. The lowest BCUT2D eigenvalue weighted by atomic mass is 9.94. The maximum Gasteiger partial charge on any atom is 0.0615 e. The molecule has 0 aliphatic heterocycles. The van der Waals surface area contributed by atoms with E-state index in [9.17, 15) is 0 Å². The van der Waals surface area contributed by atoms with E-state index in [0.717, 1.165) is 13.2 Å². The fraction of sp³-hybridized carbons (Fsp3) is 0.625. The number of hydrogen-bond acceptors (Lipinski definition) is 3. The highest BCUT2D eigenvalue weighted by Crippen LogP contribution is 2.27. The van der Waals surface area contributed by atoms with Crippen molar-refractivity contribution in [2.75, 3.05) is 26.8 Å². The summed E-state index contributed by atoms with van der Waals surface area (Å²) < 4.78 is 5.29. The molecule has 0 bridgehead atoms. The maximum absolute atomic E-state index is 6.07. The molecule has 0 radical (unpaired) electrons. The molecule has 3 heteroatoms. The first-order chi connectivity index (χ1) is 9.06. The molecule has 1 aromatic rings. The molecule has 19 heavy (non-hydrogen) atoms. The third-order valence-corrected chi connectivity index (χ3v) is 3.84. The van der Waals surface area contributed by atoms with Gasteiger partial charge in [0.1, 0.15) is 0 Å². The summed E-state index contributed by atoms with van der Waals surface area (Å²) in [7, 11) is 1.75. The summed E-state index contributed by atoms with van der Waals surface area (Å²) in [5.74, 6) is 0. The van der Waals surface area contributed by atoms with Crippen LogP contribution in [0, 0.1) is 13.8 Å². The predicted molar refractivity (Wildman–Crippen MR) is 81.4 cm³/mol. The lowest BCUT2D eigenvalue weighted by Crippen LogP contribution is -2.42. The van der Waals surface area contributed by atoms with Crippen LogP contribution in [0.5, 0.6) is 0 Å². The van der Waals surface area contributed by atoms with Gasteiger partial charge in [0, 0.05) is 25.7 Å². The number of nitrogens with two attached hydrogens (primary N) is 1. The summed E-state index contributed by atoms with van der Waals surface area (Å²) >= 11 is 0. The van der Waals surface area contributed by atoms with E-state index in [1.54, 1.807) is 7.11 Å². The molecule has 0 aliphatic carbocycles. The largest absolute Gasteiger partial charge is 0.383 e. The van der Waals surface area contributed by atoms with E-state index >= 15 is 0 Å². The van der Waals surface area contributed by atoms with Gasteiger partial charge < -0.3 is 10.5 Å². The number of benzene rings is 1. The van der Waals surface area contributed by atoms with Gasteiger partial charge in [0.15, 0.2) is 0 Å². The SMILES string of the molecule is CCN(C(C)COC)C(CN)c1c(C)cccc1C. The summed E-state index contributed by atoms with van der Waals surface area (Å²) in [6.45, 7) is 11.0. The van der Waals surface area contributed by atoms with Crippen LogP contribution in [0.2, 0.25) is 0 Å². The van der Waals surface area contributed by atoms with Crippen molar-refractivity contribution in [3.63, 3.8) is 0 Å². The van der Waals surface area contributed by atoms with Gasteiger partial charge in [0.25, 0.3) is 0 Å². The van der Waals surface area contributed by atoms with E-state index in [1.165, 1.54) is 16.7 Å². The molecule has 1 aromatic carbocycles. The van der Waals surface area contributed by atoms with Crippen LogP contribution < -0.4 is 5.73 Å². The van der Waals surface area contributed by atoms with Gasteiger partial charge in [-0.2, -0.15) is 0 Å². The minimum Gasteiger partial charge on any atom is -0.383 e. The molecule has 0 amide bonds. The second-order valence-electron chi connectivity index (χ2n) is 5.19. The van der Waals surface area contributed by atoms with Crippen molar-refractivity contribution in [3.8, 4) is 0 Å². The number of methoxy groups -OCH3 is 1. The van der Waals surface area contributed by atoms with Crippen LogP contribution in [0.1, 0.15) is 36.6 Å². The molecule has 0 saturated heterocycles. The minimum atomic E-state index is 0.261. The highest BCUT2D eigenvalue weighted by Gasteiger charge is 2.24. The fourth-order valence-electron chi connectivity index (χ4n) is 2.95. The van der Waals surface area contributed by atoms with E-state index in [0.29, 0.717) is 12.6 Å². The topological polar surface area (TPSA) is 38.5 Å². The smallest absolute Gasteiger partial charge is 0.0615 e. The van der Waals surface area contributed by atoms with Crippen molar-refractivity contribution in [1.29, 1.82) is 0 Å². The predicted octanol–water partition coefficient (Wildman–Crippen LogP) is 2.66. The monoisotopic (exact) mass is 264 g/mol. The number of rotatable bonds is 7. The first kappa shape index (κ1) is 16.2. The van der Waals surface area contributed by atoms with Crippen molar-refractivity contribution < 1.29 is 4.74 Å². The summed E-state index contributed by atoms with van der Waals surface area (Å²) in [4.78, 5) is 2.43. The number of nitrogens with zero attached hydrogens (tertiary/aromatic N) is 1. The zero-order chi connectivity index (χ0) is 14.4. The first-order valence-corrected chi connectivity index (χ1v) is 7.07. The Labute approximate surface area is 117 Å². The third kappa shape index (κ3) is 3.78. The van der Waals surface area contributed by atoms with Gasteiger partial charge in [0.05, 0.1) is 6.61 Å². The van der Waals surface area contributed by atoms with Gasteiger partial charge in [-0.25, -0.2) is 0 Å². The molecule has 2 atom stereocenters. The molecule has 1 rings (SSSR count). The third-order valence-electron chi connectivity index (χ3n) is 3.84. The van der Waals surface area contributed by atoms with Crippen molar-refractivity contribution in [2.45, 2.75) is 39.8 Å². The van der Waals surface area contributed by atoms with Crippen LogP contribution in [-0.2, 0) is 4.74 Å². The van der Waals surface area contributed by atoms with Gasteiger partial charge in [-0.3, -0.25) is 4.90 Å². The van der Waals surface area contributed by atoms with E-state index in [4.69, 9.17) is 10.5 Å². The van der Waals surface area contributed by atoms with E-state index in [1.807, 2.05) is 0 Å². The number of hydrogen-bond donors (Lipinski definition) is 1. The van der Waals surface area contributed by atoms with Crippen LogP contribution in [0.3, 0.4) is 0 Å². The Hall–Kier alpha value is -0.900. The zero-order valence-corrected chi connectivity index (χ0v) is 12.9. The minimum absolute atomic E-state index is 0.261. The number of likely N-dealkylation sites (N-methyl/N-ethyl adjacent to an activating group) is 1. The molecule has 0 fully saturated rings. The molecule has 108 valence electrons. The Balaban J connectivity index is 3.10. The fourth-order valence-corrected chi connectivity index (χ4v) is 2.95. The maximum atomic E-state index is 6.07. The molecule has 2 unspecified atom stereocenters. The summed E-state index contributed by atoms with van der Waals surface area (Å²) in [5.41, 5.74) is 10.1. The van der Waals surface area contributed by atoms with E-state index in [-0.39, 0.29) is 6.04 Å². The summed E-state index contributed by atoms with van der Waals surface area (Å²) in [6.07, 6.45) is 0. The molecule has 0 heterocycles. The Bertz CT molecular complexity index is 372. The first-order valence-electron chi connectivity index (χ1n) is 7.07. The molecular weight excluding hydrogens is 236 g/mol. The van der Waals surface area contributed by atoms with Crippen molar-refractivity contribution in [2.24, 2.45) is 5.73 Å². The Morgan fingerprint density at radius 1 is 1.26 bits per heavy atom. The lowest BCUT2D eigenvalue weighted by molar-refractivity contribution is 0.0747. The van der Waals surface area contributed by atoms with Crippen molar-refractivity contribution in [3.05, 3.63) is 34.9 Å². The van der Waals surface area contributed by atoms with Gasteiger partial charge in [-0.1, -0.05) is 25.1 Å². The van der Waals surface area contributed by atoms with Crippen LogP contribution in [0.4, 0.5) is 0 Å². The molecular formula is C16H28N2O. The summed E-state index contributed by atoms with van der Waals surface area (Å²) in [5, 5.41) is 0. The van der Waals surface area contributed by atoms with Crippen molar-refractivity contribution >= 4 is 0 Å². The normalized spacial score (nSPS) is 14.7. The van der Waals surface area contributed by atoms with E-state index in [2.05, 4.69) is 50.8 Å². The average Bonchev–Trinajstić information content (AvgIpc) is 2.37. The van der Waals surface area contributed by atoms with Gasteiger partial charge >= 0.3 is 0 Å². The second kappa shape index (κ2) is 7.63. The molecule has 2 N–H and O–H groups in total. The molecule has 0 saturated carbocycles. The molecule has 3 nitrogen and oxygen atoms in total.